The van der Waals surface area contributed by atoms with E-state index in [1.54, 1.807) is 7.11 Å². The van der Waals surface area contributed by atoms with Gasteiger partial charge in [0.05, 0.1) is 7.11 Å². The number of urea groups is 1. The summed E-state index contributed by atoms with van der Waals surface area (Å²) < 4.78 is 5.30. The highest BCUT2D eigenvalue weighted by atomic mass is 32.2. The van der Waals surface area contributed by atoms with Crippen molar-refractivity contribution in [2.75, 3.05) is 56.2 Å². The fraction of sp³-hybridized carbons (Fsp3) is 0.588. The molecule has 1 atom stereocenters. The maximum Gasteiger partial charge on any atom is 0.317 e. The highest BCUT2D eigenvalue weighted by Crippen LogP contribution is 2.26. The van der Waals surface area contributed by atoms with E-state index in [1.165, 1.54) is 5.69 Å². The number of amides is 2. The van der Waals surface area contributed by atoms with Gasteiger partial charge >= 0.3 is 6.03 Å². The molecule has 2 fully saturated rings. The Morgan fingerprint density at radius 2 is 2.17 bits per heavy atom. The van der Waals surface area contributed by atoms with Crippen molar-refractivity contribution in [3.8, 4) is 5.75 Å². The van der Waals surface area contributed by atoms with Crippen LogP contribution in [0.2, 0.25) is 0 Å². The summed E-state index contributed by atoms with van der Waals surface area (Å²) in [6.45, 7) is 4.54. The highest BCUT2D eigenvalue weighted by molar-refractivity contribution is 7.99. The van der Waals surface area contributed by atoms with Crippen LogP contribution in [0.1, 0.15) is 6.42 Å². The molecule has 6 heteroatoms. The van der Waals surface area contributed by atoms with Crippen LogP contribution in [0.5, 0.6) is 5.75 Å². The standard InChI is InChI=1S/C17H25N3O2S/c1-22-16-4-2-3-15(11-16)20-6-5-14(13-20)12-18-17(21)19-7-9-23-10-8-19/h2-4,11,14H,5-10,12-13H2,1H3,(H,18,21)/t14-/m0/s1. The van der Waals surface area contributed by atoms with Crippen molar-refractivity contribution in [2.24, 2.45) is 5.92 Å². The third-order valence-corrected chi connectivity index (χ3v) is 5.49. The van der Waals surface area contributed by atoms with Gasteiger partial charge in [0.1, 0.15) is 5.75 Å². The van der Waals surface area contributed by atoms with Gasteiger partial charge in [0, 0.05) is 56.0 Å². The Morgan fingerprint density at radius 3 is 2.96 bits per heavy atom. The van der Waals surface area contributed by atoms with Crippen molar-refractivity contribution in [1.82, 2.24) is 10.2 Å². The predicted octanol–water partition coefficient (Wildman–Crippen LogP) is 2.28. The second kappa shape index (κ2) is 7.81. The number of rotatable bonds is 4. The molecule has 23 heavy (non-hydrogen) atoms. The molecular weight excluding hydrogens is 310 g/mol. The molecule has 2 heterocycles. The lowest BCUT2D eigenvalue weighted by molar-refractivity contribution is 0.201. The quantitative estimate of drug-likeness (QED) is 0.917. The monoisotopic (exact) mass is 335 g/mol. The Bertz CT molecular complexity index is 534. The lowest BCUT2D eigenvalue weighted by Crippen LogP contribution is -2.45. The van der Waals surface area contributed by atoms with Gasteiger partial charge in [0.25, 0.3) is 0 Å². The normalized spacial score (nSPS) is 21.3. The molecule has 0 radical (unpaired) electrons. The summed E-state index contributed by atoms with van der Waals surface area (Å²) in [6.07, 6.45) is 1.12. The number of benzene rings is 1. The van der Waals surface area contributed by atoms with Crippen LogP contribution in [-0.2, 0) is 0 Å². The fourth-order valence-electron chi connectivity index (χ4n) is 3.15. The lowest BCUT2D eigenvalue weighted by Gasteiger charge is -2.27. The van der Waals surface area contributed by atoms with Gasteiger partial charge in [-0.2, -0.15) is 11.8 Å². The lowest BCUT2D eigenvalue weighted by atomic mass is 10.1. The van der Waals surface area contributed by atoms with Crippen molar-refractivity contribution >= 4 is 23.5 Å². The van der Waals surface area contributed by atoms with Gasteiger partial charge in [0.2, 0.25) is 0 Å². The summed E-state index contributed by atoms with van der Waals surface area (Å²) in [5.41, 5.74) is 1.20. The summed E-state index contributed by atoms with van der Waals surface area (Å²) in [7, 11) is 1.69. The average Bonchev–Trinajstić information content (AvgIpc) is 3.09. The molecule has 2 aliphatic heterocycles. The Hall–Kier alpha value is -1.56. The van der Waals surface area contributed by atoms with E-state index in [9.17, 15) is 4.79 Å². The Balaban J connectivity index is 1.46. The molecule has 126 valence electrons. The maximum absolute atomic E-state index is 12.2. The maximum atomic E-state index is 12.2. The minimum Gasteiger partial charge on any atom is -0.497 e. The van der Waals surface area contributed by atoms with E-state index in [4.69, 9.17) is 4.74 Å². The molecule has 1 N–H and O–H groups in total. The molecule has 1 aromatic carbocycles. The van der Waals surface area contributed by atoms with Gasteiger partial charge in [-0.05, 0) is 24.5 Å². The van der Waals surface area contributed by atoms with Crippen LogP contribution >= 0.6 is 11.8 Å². The van der Waals surface area contributed by atoms with Crippen LogP contribution in [0.25, 0.3) is 0 Å². The molecule has 0 bridgehead atoms. The summed E-state index contributed by atoms with van der Waals surface area (Å²) in [4.78, 5) is 16.5. The minimum atomic E-state index is 0.102. The first-order valence-corrected chi connectivity index (χ1v) is 9.41. The van der Waals surface area contributed by atoms with Crippen LogP contribution in [0, 0.1) is 5.92 Å². The second-order valence-corrected chi connectivity index (χ2v) is 7.31. The van der Waals surface area contributed by atoms with Crippen LogP contribution < -0.4 is 15.0 Å². The molecule has 2 amide bonds. The van der Waals surface area contributed by atoms with E-state index in [2.05, 4.69) is 22.3 Å². The average molecular weight is 335 g/mol. The van der Waals surface area contributed by atoms with Crippen LogP contribution in [0.4, 0.5) is 10.5 Å². The smallest absolute Gasteiger partial charge is 0.317 e. The van der Waals surface area contributed by atoms with Gasteiger partial charge in [-0.25, -0.2) is 4.79 Å². The van der Waals surface area contributed by atoms with E-state index >= 15 is 0 Å². The number of thioether (sulfide) groups is 1. The van der Waals surface area contributed by atoms with E-state index < -0.39 is 0 Å². The summed E-state index contributed by atoms with van der Waals surface area (Å²) in [6, 6.07) is 8.29. The molecule has 1 aromatic rings. The van der Waals surface area contributed by atoms with Gasteiger partial charge in [-0.1, -0.05) is 6.07 Å². The molecule has 0 unspecified atom stereocenters. The van der Waals surface area contributed by atoms with Crippen molar-refractivity contribution in [1.29, 1.82) is 0 Å². The molecule has 0 spiro atoms. The Kier molecular flexibility index (Phi) is 5.54. The van der Waals surface area contributed by atoms with Crippen LogP contribution in [0.3, 0.4) is 0 Å². The largest absolute Gasteiger partial charge is 0.497 e. The SMILES string of the molecule is COc1cccc(N2CC[C@@H](CNC(=O)N3CCSCC3)C2)c1. The first kappa shape index (κ1) is 16.3. The number of hydrogen-bond acceptors (Lipinski definition) is 4. The van der Waals surface area contributed by atoms with E-state index in [1.807, 2.05) is 28.8 Å². The first-order chi connectivity index (χ1) is 11.3. The summed E-state index contributed by atoms with van der Waals surface area (Å²) >= 11 is 1.92. The molecule has 2 aliphatic rings. The Morgan fingerprint density at radius 1 is 1.35 bits per heavy atom. The second-order valence-electron chi connectivity index (χ2n) is 6.09. The zero-order chi connectivity index (χ0) is 16.1. The van der Waals surface area contributed by atoms with Crippen molar-refractivity contribution < 1.29 is 9.53 Å². The number of methoxy groups -OCH3 is 1. The zero-order valence-electron chi connectivity index (χ0n) is 13.7. The minimum absolute atomic E-state index is 0.102. The number of carbonyl (C=O) groups is 1. The number of nitrogens with one attached hydrogen (secondary N) is 1. The molecule has 0 aliphatic carbocycles. The molecule has 0 aromatic heterocycles. The topological polar surface area (TPSA) is 44.8 Å². The predicted molar refractivity (Wildman–Crippen MR) is 95.6 cm³/mol. The number of ether oxygens (including phenoxy) is 1. The third kappa shape index (κ3) is 4.25. The van der Waals surface area contributed by atoms with Gasteiger partial charge in [0.15, 0.2) is 0 Å². The Labute approximate surface area is 142 Å². The summed E-state index contributed by atoms with van der Waals surface area (Å²) in [5, 5.41) is 3.12. The van der Waals surface area contributed by atoms with Crippen molar-refractivity contribution in [3.05, 3.63) is 24.3 Å². The highest BCUT2D eigenvalue weighted by Gasteiger charge is 2.24. The fourth-order valence-corrected chi connectivity index (χ4v) is 4.05. The zero-order valence-corrected chi connectivity index (χ0v) is 14.5. The molecule has 5 nitrogen and oxygen atoms in total. The number of nitrogens with zero attached hydrogens (tertiary/aromatic N) is 2. The number of hydrogen-bond donors (Lipinski definition) is 1. The van der Waals surface area contributed by atoms with Gasteiger partial charge in [-0.3, -0.25) is 0 Å². The molecule has 3 rings (SSSR count). The third-order valence-electron chi connectivity index (χ3n) is 4.54. The molecule has 2 saturated heterocycles. The van der Waals surface area contributed by atoms with Crippen molar-refractivity contribution in [3.63, 3.8) is 0 Å². The van der Waals surface area contributed by atoms with Gasteiger partial charge in [-0.15, -0.1) is 0 Å². The van der Waals surface area contributed by atoms with E-state index in [-0.39, 0.29) is 6.03 Å². The van der Waals surface area contributed by atoms with Crippen LogP contribution in [-0.4, -0.2) is 62.3 Å². The van der Waals surface area contributed by atoms with E-state index in [0.717, 1.165) is 56.4 Å². The van der Waals surface area contributed by atoms with Crippen LogP contribution in [0.15, 0.2) is 24.3 Å². The van der Waals surface area contributed by atoms with Crippen molar-refractivity contribution in [2.45, 2.75) is 6.42 Å². The van der Waals surface area contributed by atoms with E-state index in [0.29, 0.717) is 5.92 Å². The summed E-state index contributed by atoms with van der Waals surface area (Å²) in [5.74, 6) is 3.52. The van der Waals surface area contributed by atoms with Gasteiger partial charge < -0.3 is 19.9 Å². The molecule has 0 saturated carbocycles. The first-order valence-electron chi connectivity index (χ1n) is 8.26. The molecular formula is C17H25N3O2S. The number of anilines is 1. The number of carbonyl (C=O) groups excluding carboxylic acids is 1.